The fourth-order valence-corrected chi connectivity index (χ4v) is 5.39. The van der Waals surface area contributed by atoms with Crippen LogP contribution in [-0.4, -0.2) is 45.1 Å². The van der Waals surface area contributed by atoms with E-state index in [1.54, 1.807) is 25.5 Å². The minimum atomic E-state index is -0.309. The van der Waals surface area contributed by atoms with Crippen LogP contribution in [0.4, 0.5) is 15.9 Å². The van der Waals surface area contributed by atoms with E-state index in [0.29, 0.717) is 28.9 Å². The van der Waals surface area contributed by atoms with Gasteiger partial charge in [-0.1, -0.05) is 6.92 Å². The van der Waals surface area contributed by atoms with Crippen molar-refractivity contribution in [2.75, 3.05) is 30.4 Å². The molecule has 1 unspecified atom stereocenters. The fraction of sp³-hybridized carbons (Fsp3) is 0.280. The second-order valence-corrected chi connectivity index (χ2v) is 9.21. The van der Waals surface area contributed by atoms with Crippen LogP contribution in [0, 0.1) is 23.6 Å². The van der Waals surface area contributed by atoms with Gasteiger partial charge >= 0.3 is 6.01 Å². The molecule has 34 heavy (non-hydrogen) atoms. The summed E-state index contributed by atoms with van der Waals surface area (Å²) < 4.78 is 20.5. The number of aromatic nitrogens is 5. The molecule has 2 N–H and O–H groups in total. The van der Waals surface area contributed by atoms with E-state index in [1.807, 2.05) is 18.2 Å². The number of hydrogen-bond donors (Lipinski definition) is 2. The maximum Gasteiger partial charge on any atom is 0.326 e. The molecule has 4 aromatic heterocycles. The van der Waals surface area contributed by atoms with Gasteiger partial charge in [0, 0.05) is 37.8 Å². The molecule has 5 aromatic rings. The van der Waals surface area contributed by atoms with Crippen LogP contribution >= 0.6 is 0 Å². The van der Waals surface area contributed by atoms with Crippen molar-refractivity contribution in [2.24, 2.45) is 17.8 Å². The van der Waals surface area contributed by atoms with Gasteiger partial charge in [-0.3, -0.25) is 9.97 Å². The average Bonchev–Trinajstić information content (AvgIpc) is 3.19. The highest BCUT2D eigenvalue weighted by molar-refractivity contribution is 6.14. The van der Waals surface area contributed by atoms with Gasteiger partial charge in [0.05, 0.1) is 33.8 Å². The van der Waals surface area contributed by atoms with E-state index in [1.165, 1.54) is 6.07 Å². The smallest absolute Gasteiger partial charge is 0.326 e. The second-order valence-electron chi connectivity index (χ2n) is 9.21. The Morgan fingerprint density at radius 3 is 2.79 bits per heavy atom. The molecule has 1 aliphatic heterocycles. The Hall–Kier alpha value is -4.01. The number of benzene rings is 1. The number of anilines is 2. The van der Waals surface area contributed by atoms with Crippen molar-refractivity contribution >= 4 is 44.5 Å². The van der Waals surface area contributed by atoms with Crippen LogP contribution in [0.2, 0.25) is 0 Å². The zero-order valence-electron chi connectivity index (χ0n) is 18.7. The summed E-state index contributed by atoms with van der Waals surface area (Å²) in [6.07, 6.45) is 3.36. The predicted octanol–water partition coefficient (Wildman–Crippen LogP) is 4.73. The third-order valence-electron chi connectivity index (χ3n) is 7.31. The molecule has 2 aliphatic rings. The summed E-state index contributed by atoms with van der Waals surface area (Å²) >= 11 is 0. The molecule has 0 amide bonds. The Morgan fingerprint density at radius 2 is 1.97 bits per heavy atom. The number of piperidine rings is 1. The Balaban J connectivity index is 1.39. The van der Waals surface area contributed by atoms with Gasteiger partial charge in [0.1, 0.15) is 17.3 Å². The van der Waals surface area contributed by atoms with E-state index < -0.39 is 0 Å². The first-order valence-electron chi connectivity index (χ1n) is 11.4. The quantitative estimate of drug-likeness (QED) is 0.405. The lowest BCUT2D eigenvalue weighted by atomic mass is 10.1. The van der Waals surface area contributed by atoms with E-state index >= 15 is 0 Å². The van der Waals surface area contributed by atoms with Crippen LogP contribution in [0.25, 0.3) is 33.0 Å². The second kappa shape index (κ2) is 6.99. The SMILES string of the molecule is CNc1cc(F)cc2c1[nH]c1nc(Oc3cnc4cccnc4c3)nc(N3C[C@@H]4C(C)[C@@H]4C3)c12. The van der Waals surface area contributed by atoms with Gasteiger partial charge in [-0.15, -0.1) is 0 Å². The molecular formula is C25H22FN7O. The number of rotatable bonds is 4. The molecule has 5 heterocycles. The molecule has 1 aliphatic carbocycles. The van der Waals surface area contributed by atoms with Crippen molar-refractivity contribution in [3.05, 3.63) is 48.5 Å². The van der Waals surface area contributed by atoms with E-state index in [0.717, 1.165) is 52.1 Å². The lowest BCUT2D eigenvalue weighted by molar-refractivity contribution is 0.442. The lowest BCUT2D eigenvalue weighted by Crippen LogP contribution is -2.25. The normalized spacial score (nSPS) is 21.4. The molecule has 0 spiro atoms. The number of nitrogens with one attached hydrogen (secondary N) is 2. The van der Waals surface area contributed by atoms with E-state index in [2.05, 4.69) is 37.1 Å². The van der Waals surface area contributed by atoms with Crippen LogP contribution in [0.5, 0.6) is 11.8 Å². The molecule has 1 aromatic carbocycles. The van der Waals surface area contributed by atoms with E-state index in [9.17, 15) is 4.39 Å². The van der Waals surface area contributed by atoms with Crippen molar-refractivity contribution in [3.8, 4) is 11.8 Å². The first-order chi connectivity index (χ1) is 16.6. The largest absolute Gasteiger partial charge is 0.422 e. The highest BCUT2D eigenvalue weighted by Crippen LogP contribution is 2.53. The summed E-state index contributed by atoms with van der Waals surface area (Å²) in [6, 6.07) is 8.80. The highest BCUT2D eigenvalue weighted by atomic mass is 19.1. The number of nitrogens with zero attached hydrogens (tertiary/aromatic N) is 5. The Morgan fingerprint density at radius 1 is 1.12 bits per heavy atom. The minimum Gasteiger partial charge on any atom is -0.422 e. The number of fused-ring (bicyclic) bond motifs is 5. The molecule has 7 rings (SSSR count). The number of pyridine rings is 2. The number of hydrogen-bond acceptors (Lipinski definition) is 7. The predicted molar refractivity (Wildman–Crippen MR) is 129 cm³/mol. The third kappa shape index (κ3) is 2.89. The number of ether oxygens (including phenoxy) is 1. The lowest BCUT2D eigenvalue weighted by Gasteiger charge is -2.21. The zero-order valence-corrected chi connectivity index (χ0v) is 18.7. The van der Waals surface area contributed by atoms with Crippen molar-refractivity contribution in [1.29, 1.82) is 0 Å². The van der Waals surface area contributed by atoms with Gasteiger partial charge in [0.2, 0.25) is 0 Å². The van der Waals surface area contributed by atoms with Crippen molar-refractivity contribution in [1.82, 2.24) is 24.9 Å². The van der Waals surface area contributed by atoms with Crippen LogP contribution in [0.3, 0.4) is 0 Å². The molecule has 9 heteroatoms. The molecule has 0 bridgehead atoms. The van der Waals surface area contributed by atoms with Gasteiger partial charge in [0.15, 0.2) is 5.75 Å². The number of halogens is 1. The first kappa shape index (κ1) is 19.5. The van der Waals surface area contributed by atoms with Crippen LogP contribution in [-0.2, 0) is 0 Å². The maximum absolute atomic E-state index is 14.5. The van der Waals surface area contributed by atoms with Gasteiger partial charge in [-0.05, 0) is 42.0 Å². The summed E-state index contributed by atoms with van der Waals surface area (Å²) in [7, 11) is 1.77. The van der Waals surface area contributed by atoms with Gasteiger partial charge in [-0.2, -0.15) is 9.97 Å². The molecule has 1 saturated carbocycles. The average molecular weight is 455 g/mol. The maximum atomic E-state index is 14.5. The number of H-pyrrole nitrogens is 1. The molecule has 1 saturated heterocycles. The Kier molecular flexibility index (Phi) is 4.00. The highest BCUT2D eigenvalue weighted by Gasteiger charge is 2.53. The molecule has 3 atom stereocenters. The summed E-state index contributed by atoms with van der Waals surface area (Å²) in [4.78, 5) is 23.9. The molecular weight excluding hydrogens is 433 g/mol. The molecule has 170 valence electrons. The monoisotopic (exact) mass is 455 g/mol. The Bertz CT molecular complexity index is 1590. The summed E-state index contributed by atoms with van der Waals surface area (Å²) in [5.74, 6) is 3.07. The van der Waals surface area contributed by atoms with Gasteiger partial charge in [-0.25, -0.2) is 4.39 Å². The first-order valence-corrected chi connectivity index (χ1v) is 11.4. The van der Waals surface area contributed by atoms with E-state index in [-0.39, 0.29) is 11.8 Å². The van der Waals surface area contributed by atoms with E-state index in [4.69, 9.17) is 9.72 Å². The van der Waals surface area contributed by atoms with Crippen molar-refractivity contribution in [3.63, 3.8) is 0 Å². The Labute approximate surface area is 194 Å². The fourth-order valence-electron chi connectivity index (χ4n) is 5.39. The minimum absolute atomic E-state index is 0.214. The summed E-state index contributed by atoms with van der Waals surface area (Å²) in [5, 5.41) is 4.64. The molecule has 0 radical (unpaired) electrons. The zero-order chi connectivity index (χ0) is 23.0. The summed E-state index contributed by atoms with van der Waals surface area (Å²) in [5.41, 5.74) is 3.59. The summed E-state index contributed by atoms with van der Waals surface area (Å²) in [6.45, 7) is 4.16. The van der Waals surface area contributed by atoms with Gasteiger partial charge in [0.25, 0.3) is 0 Å². The van der Waals surface area contributed by atoms with Crippen molar-refractivity contribution < 1.29 is 9.13 Å². The standard InChI is InChI=1S/C25H22FN7O/c1-12-16-10-33(11-17(12)16)24-21-15-6-13(26)7-20(27-2)22(15)30-23(21)31-25(32-24)34-14-8-19-18(29-9-14)4-3-5-28-19/h3-9,12,16-17,27H,10-11H2,1-2H3,(H,30,31,32)/t12?,16-,17+. The van der Waals surface area contributed by atoms with Crippen LogP contribution in [0.1, 0.15) is 6.92 Å². The topological polar surface area (TPSA) is 91.8 Å². The molecule has 2 fully saturated rings. The van der Waals surface area contributed by atoms with Crippen LogP contribution in [0.15, 0.2) is 42.7 Å². The molecule has 8 nitrogen and oxygen atoms in total. The third-order valence-corrected chi connectivity index (χ3v) is 7.31. The van der Waals surface area contributed by atoms with Gasteiger partial charge < -0.3 is 19.9 Å². The van der Waals surface area contributed by atoms with Crippen LogP contribution < -0.4 is 15.0 Å². The number of aromatic amines is 1. The van der Waals surface area contributed by atoms with Crippen molar-refractivity contribution in [2.45, 2.75) is 6.92 Å².